The second-order valence-electron chi connectivity index (χ2n) is 7.53. The summed E-state index contributed by atoms with van der Waals surface area (Å²) in [6.07, 6.45) is 0. The highest BCUT2D eigenvalue weighted by atomic mass is 16.3. The van der Waals surface area contributed by atoms with Crippen molar-refractivity contribution < 1.29 is 4.42 Å². The van der Waals surface area contributed by atoms with Crippen LogP contribution in [0.15, 0.2) is 77.2 Å². The predicted octanol–water partition coefficient (Wildman–Crippen LogP) is 7.66. The molecule has 0 amide bonds. The Kier molecular flexibility index (Phi) is 2.80. The summed E-state index contributed by atoms with van der Waals surface area (Å²) in [6, 6.07) is 26.2. The average Bonchev–Trinajstić information content (AvgIpc) is 3.05. The monoisotopic (exact) mass is 346 g/mol. The molecule has 0 aliphatic rings. The van der Waals surface area contributed by atoms with E-state index in [1.54, 1.807) is 0 Å². The van der Waals surface area contributed by atoms with E-state index in [2.05, 4.69) is 86.6 Å². The summed E-state index contributed by atoms with van der Waals surface area (Å²) in [5.74, 6) is 0. The van der Waals surface area contributed by atoms with Crippen LogP contribution in [0.3, 0.4) is 0 Å². The second kappa shape index (κ2) is 5.11. The molecular formula is C26H18O. The van der Waals surface area contributed by atoms with Crippen LogP contribution in [0.4, 0.5) is 0 Å². The van der Waals surface area contributed by atoms with Crippen molar-refractivity contribution in [2.45, 2.75) is 13.8 Å². The fraction of sp³-hybridized carbons (Fsp3) is 0.0769. The number of fused-ring (bicyclic) bond motifs is 8. The van der Waals surface area contributed by atoms with Crippen molar-refractivity contribution in [2.24, 2.45) is 0 Å². The van der Waals surface area contributed by atoms with Crippen molar-refractivity contribution in [1.29, 1.82) is 0 Å². The standard InChI is InChI=1S/C26H18O/c1-15-11-23-25(20-10-6-5-9-19(15)20)26-22-14-18-8-4-3-7-17(18)13-21(22)16(2)12-24(26)27-23/h3-14H,1-2H3. The van der Waals surface area contributed by atoms with Crippen molar-refractivity contribution >= 4 is 54.3 Å². The first-order chi connectivity index (χ1) is 13.2. The van der Waals surface area contributed by atoms with Gasteiger partial charge >= 0.3 is 0 Å². The van der Waals surface area contributed by atoms with Crippen molar-refractivity contribution in [2.75, 3.05) is 0 Å². The van der Waals surface area contributed by atoms with Crippen LogP contribution >= 0.6 is 0 Å². The number of rotatable bonds is 0. The largest absolute Gasteiger partial charge is 0.456 e. The lowest BCUT2D eigenvalue weighted by Gasteiger charge is -2.08. The molecule has 0 bridgehead atoms. The lowest BCUT2D eigenvalue weighted by Crippen LogP contribution is -1.83. The fourth-order valence-electron chi connectivity index (χ4n) is 4.57. The van der Waals surface area contributed by atoms with Crippen LogP contribution in [-0.2, 0) is 0 Å². The molecule has 27 heavy (non-hydrogen) atoms. The number of benzene rings is 5. The lowest BCUT2D eigenvalue weighted by atomic mass is 9.94. The zero-order chi connectivity index (χ0) is 18.1. The molecule has 0 aliphatic carbocycles. The Labute approximate surface area is 156 Å². The number of hydrogen-bond donors (Lipinski definition) is 0. The molecular weight excluding hydrogens is 328 g/mol. The summed E-state index contributed by atoms with van der Waals surface area (Å²) in [7, 11) is 0. The van der Waals surface area contributed by atoms with Crippen LogP contribution in [0.1, 0.15) is 11.1 Å². The quantitative estimate of drug-likeness (QED) is 0.257. The molecule has 0 unspecified atom stereocenters. The van der Waals surface area contributed by atoms with Gasteiger partial charge in [0.2, 0.25) is 0 Å². The molecule has 0 atom stereocenters. The van der Waals surface area contributed by atoms with Crippen molar-refractivity contribution in [3.8, 4) is 0 Å². The Bertz CT molecular complexity index is 1530. The van der Waals surface area contributed by atoms with Gasteiger partial charge in [-0.3, -0.25) is 0 Å². The minimum atomic E-state index is 0.973. The fourth-order valence-corrected chi connectivity index (χ4v) is 4.57. The van der Waals surface area contributed by atoms with E-state index < -0.39 is 0 Å². The summed E-state index contributed by atoms with van der Waals surface area (Å²) in [4.78, 5) is 0. The van der Waals surface area contributed by atoms with Gasteiger partial charge in [0, 0.05) is 10.8 Å². The maximum Gasteiger partial charge on any atom is 0.136 e. The van der Waals surface area contributed by atoms with E-state index in [9.17, 15) is 0 Å². The van der Waals surface area contributed by atoms with Gasteiger partial charge in [-0.1, -0.05) is 48.5 Å². The molecule has 0 spiro atoms. The molecule has 0 saturated carbocycles. The van der Waals surface area contributed by atoms with Gasteiger partial charge in [0.25, 0.3) is 0 Å². The van der Waals surface area contributed by atoms with E-state index in [0.717, 1.165) is 11.2 Å². The van der Waals surface area contributed by atoms with Gasteiger partial charge in [0.15, 0.2) is 0 Å². The van der Waals surface area contributed by atoms with Gasteiger partial charge in [-0.2, -0.15) is 0 Å². The highest BCUT2D eigenvalue weighted by molar-refractivity contribution is 6.28. The molecule has 1 heterocycles. The van der Waals surface area contributed by atoms with Gasteiger partial charge in [-0.25, -0.2) is 0 Å². The zero-order valence-corrected chi connectivity index (χ0v) is 15.3. The molecule has 6 rings (SSSR count). The molecule has 0 fully saturated rings. The summed E-state index contributed by atoms with van der Waals surface area (Å²) >= 11 is 0. The number of furan rings is 1. The lowest BCUT2D eigenvalue weighted by molar-refractivity contribution is 0.669. The highest BCUT2D eigenvalue weighted by Crippen LogP contribution is 2.41. The topological polar surface area (TPSA) is 13.1 Å². The van der Waals surface area contributed by atoms with Gasteiger partial charge in [-0.15, -0.1) is 0 Å². The summed E-state index contributed by atoms with van der Waals surface area (Å²) < 4.78 is 6.34. The van der Waals surface area contributed by atoms with E-state index >= 15 is 0 Å². The predicted molar refractivity (Wildman–Crippen MR) is 116 cm³/mol. The first-order valence-electron chi connectivity index (χ1n) is 9.37. The van der Waals surface area contributed by atoms with Crippen LogP contribution in [0.25, 0.3) is 54.3 Å². The molecule has 5 aromatic carbocycles. The molecule has 1 aromatic heterocycles. The Morgan fingerprint density at radius 1 is 0.519 bits per heavy atom. The number of hydrogen-bond acceptors (Lipinski definition) is 1. The molecule has 1 heteroatoms. The van der Waals surface area contributed by atoms with Crippen LogP contribution < -0.4 is 0 Å². The molecule has 1 nitrogen and oxygen atoms in total. The first-order valence-corrected chi connectivity index (χ1v) is 9.37. The van der Waals surface area contributed by atoms with Crippen LogP contribution in [-0.4, -0.2) is 0 Å². The molecule has 0 aliphatic heterocycles. The van der Waals surface area contributed by atoms with Crippen molar-refractivity contribution in [3.05, 3.63) is 83.9 Å². The van der Waals surface area contributed by atoms with E-state index in [1.165, 1.54) is 54.2 Å². The van der Waals surface area contributed by atoms with E-state index in [-0.39, 0.29) is 0 Å². The molecule has 0 N–H and O–H groups in total. The third kappa shape index (κ3) is 1.94. The van der Waals surface area contributed by atoms with Crippen LogP contribution in [0.5, 0.6) is 0 Å². The Morgan fingerprint density at radius 3 is 1.74 bits per heavy atom. The van der Waals surface area contributed by atoms with E-state index in [0.29, 0.717) is 0 Å². The maximum absolute atomic E-state index is 6.34. The van der Waals surface area contributed by atoms with E-state index in [4.69, 9.17) is 4.42 Å². The first kappa shape index (κ1) is 14.8. The molecule has 0 saturated heterocycles. The minimum absolute atomic E-state index is 0.973. The van der Waals surface area contributed by atoms with Gasteiger partial charge in [-0.05, 0) is 81.6 Å². The normalized spacial score (nSPS) is 12.1. The SMILES string of the molecule is Cc1cc2oc3cc(C)c4cc5ccccc5cc4c3c2c2ccccc12. The highest BCUT2D eigenvalue weighted by Gasteiger charge is 2.16. The molecule has 6 aromatic rings. The number of aryl methyl sites for hydroxylation is 2. The minimum Gasteiger partial charge on any atom is -0.456 e. The summed E-state index contributed by atoms with van der Waals surface area (Å²) in [5.41, 5.74) is 4.45. The van der Waals surface area contributed by atoms with Crippen molar-refractivity contribution in [3.63, 3.8) is 0 Å². The Hall–Kier alpha value is -3.32. The Morgan fingerprint density at radius 2 is 1.04 bits per heavy atom. The zero-order valence-electron chi connectivity index (χ0n) is 15.3. The smallest absolute Gasteiger partial charge is 0.136 e. The average molecular weight is 346 g/mol. The second-order valence-corrected chi connectivity index (χ2v) is 7.53. The van der Waals surface area contributed by atoms with Crippen LogP contribution in [0.2, 0.25) is 0 Å². The summed E-state index contributed by atoms with van der Waals surface area (Å²) in [6.45, 7) is 4.33. The Balaban J connectivity index is 1.95. The van der Waals surface area contributed by atoms with Gasteiger partial charge in [0.05, 0.1) is 0 Å². The van der Waals surface area contributed by atoms with Crippen LogP contribution in [0, 0.1) is 13.8 Å². The molecule has 0 radical (unpaired) electrons. The summed E-state index contributed by atoms with van der Waals surface area (Å²) in [5, 5.41) is 10.1. The van der Waals surface area contributed by atoms with E-state index in [1.807, 2.05) is 0 Å². The van der Waals surface area contributed by atoms with Gasteiger partial charge < -0.3 is 4.42 Å². The third-order valence-electron chi connectivity index (χ3n) is 5.86. The maximum atomic E-state index is 6.34. The molecule has 128 valence electrons. The van der Waals surface area contributed by atoms with Crippen molar-refractivity contribution in [1.82, 2.24) is 0 Å². The van der Waals surface area contributed by atoms with Gasteiger partial charge in [0.1, 0.15) is 11.2 Å². The third-order valence-corrected chi connectivity index (χ3v) is 5.86.